The van der Waals surface area contributed by atoms with E-state index in [9.17, 15) is 5.11 Å². The molecule has 0 spiro atoms. The molecule has 1 aromatic carbocycles. The van der Waals surface area contributed by atoms with Gasteiger partial charge in [0.15, 0.2) is 5.11 Å². The third kappa shape index (κ3) is 3.40. The molecule has 0 amide bonds. The molecule has 5 nitrogen and oxygen atoms in total. The minimum absolute atomic E-state index is 0.0374. The van der Waals surface area contributed by atoms with E-state index in [1.165, 1.54) is 33.8 Å². The van der Waals surface area contributed by atoms with E-state index in [0.29, 0.717) is 11.7 Å². The van der Waals surface area contributed by atoms with E-state index in [1.54, 1.807) is 0 Å². The van der Waals surface area contributed by atoms with Crippen LogP contribution in [0.2, 0.25) is 0 Å². The quantitative estimate of drug-likeness (QED) is 0.610. The Balaban J connectivity index is 1.86. The summed E-state index contributed by atoms with van der Waals surface area (Å²) in [5, 5.41) is 13.8. The number of hydrogen-bond donors (Lipinski definition) is 2. The third-order valence-electron chi connectivity index (χ3n) is 6.14. The van der Waals surface area contributed by atoms with Gasteiger partial charge in [-0.05, 0) is 80.9 Å². The van der Waals surface area contributed by atoms with E-state index < -0.39 is 0 Å². The summed E-state index contributed by atoms with van der Waals surface area (Å²) in [6, 6.07) is 14.5. The number of aromatic nitrogens is 2. The van der Waals surface area contributed by atoms with Gasteiger partial charge in [-0.25, -0.2) is 0 Å². The number of aliphatic hydroxyl groups excluding tert-OH is 1. The van der Waals surface area contributed by atoms with Gasteiger partial charge >= 0.3 is 0 Å². The van der Waals surface area contributed by atoms with Crippen molar-refractivity contribution < 1.29 is 5.11 Å². The Morgan fingerprint density at radius 3 is 2.60 bits per heavy atom. The van der Waals surface area contributed by atoms with Gasteiger partial charge in [0.1, 0.15) is 0 Å². The Morgan fingerprint density at radius 1 is 1.10 bits per heavy atom. The number of β-amino-alcohol motifs (C(OH)–C–C–N with tert-alkyl or cyclic N) is 1. The first-order valence-corrected chi connectivity index (χ1v) is 10.7. The van der Waals surface area contributed by atoms with Crippen molar-refractivity contribution in [1.29, 1.82) is 0 Å². The Morgan fingerprint density at radius 2 is 1.90 bits per heavy atom. The fourth-order valence-electron chi connectivity index (χ4n) is 4.53. The molecule has 3 heterocycles. The van der Waals surface area contributed by atoms with Crippen LogP contribution in [-0.2, 0) is 0 Å². The zero-order valence-corrected chi connectivity index (χ0v) is 18.7. The maximum atomic E-state index is 9.69. The number of aliphatic hydroxyl groups is 1. The van der Waals surface area contributed by atoms with Crippen molar-refractivity contribution in [2.45, 2.75) is 39.8 Å². The molecule has 156 valence electrons. The second kappa shape index (κ2) is 8.20. The van der Waals surface area contributed by atoms with Crippen molar-refractivity contribution in [2.24, 2.45) is 0 Å². The lowest BCUT2D eigenvalue weighted by Gasteiger charge is -2.27. The molecule has 1 aliphatic rings. The average Bonchev–Trinajstić information content (AvgIpc) is 3.21. The van der Waals surface area contributed by atoms with Crippen molar-refractivity contribution in [3.8, 4) is 5.69 Å². The molecule has 3 aromatic rings. The van der Waals surface area contributed by atoms with Crippen LogP contribution in [0.4, 0.5) is 0 Å². The SMILES string of the molecule is Cc1cccc(-n2c(C)cc(C3C(c4ccccn4)NC(=S)N3CCO)c2C)c1C. The molecule has 0 saturated carbocycles. The van der Waals surface area contributed by atoms with Gasteiger partial charge in [-0.3, -0.25) is 4.98 Å². The van der Waals surface area contributed by atoms with E-state index in [2.05, 4.69) is 71.7 Å². The molecule has 2 aromatic heterocycles. The molecule has 2 unspecified atom stereocenters. The number of rotatable bonds is 5. The summed E-state index contributed by atoms with van der Waals surface area (Å²) in [6.45, 7) is 9.15. The molecule has 1 fully saturated rings. The molecule has 2 N–H and O–H groups in total. The predicted molar refractivity (Wildman–Crippen MR) is 124 cm³/mol. The summed E-state index contributed by atoms with van der Waals surface area (Å²) < 4.78 is 2.33. The first-order valence-electron chi connectivity index (χ1n) is 10.3. The molecule has 6 heteroatoms. The van der Waals surface area contributed by atoms with E-state index >= 15 is 0 Å². The van der Waals surface area contributed by atoms with Gasteiger partial charge in [0.05, 0.1) is 24.4 Å². The van der Waals surface area contributed by atoms with Crippen molar-refractivity contribution in [3.63, 3.8) is 0 Å². The Kier molecular flexibility index (Phi) is 5.62. The van der Waals surface area contributed by atoms with Crippen LogP contribution in [0.15, 0.2) is 48.7 Å². The van der Waals surface area contributed by atoms with Crippen LogP contribution in [0.3, 0.4) is 0 Å². The number of thiocarbonyl (C=S) groups is 1. The number of benzene rings is 1. The fourth-order valence-corrected chi connectivity index (χ4v) is 4.86. The number of hydrogen-bond acceptors (Lipinski definition) is 3. The van der Waals surface area contributed by atoms with Crippen LogP contribution in [0.1, 0.15) is 45.9 Å². The second-order valence-corrected chi connectivity index (χ2v) is 8.31. The van der Waals surface area contributed by atoms with Gasteiger partial charge in [0.2, 0.25) is 0 Å². The molecule has 1 saturated heterocycles. The summed E-state index contributed by atoms with van der Waals surface area (Å²) in [4.78, 5) is 6.68. The highest BCUT2D eigenvalue weighted by atomic mass is 32.1. The van der Waals surface area contributed by atoms with Crippen LogP contribution < -0.4 is 5.32 Å². The molecule has 2 atom stereocenters. The largest absolute Gasteiger partial charge is 0.395 e. The number of aryl methyl sites for hydroxylation is 2. The lowest BCUT2D eigenvalue weighted by Crippen LogP contribution is -2.32. The summed E-state index contributed by atoms with van der Waals surface area (Å²) in [5.74, 6) is 0. The summed E-state index contributed by atoms with van der Waals surface area (Å²) >= 11 is 5.64. The molecule has 4 rings (SSSR count). The first kappa shape index (κ1) is 20.6. The zero-order chi connectivity index (χ0) is 21.4. The molecular formula is C24H28N4OS. The van der Waals surface area contributed by atoms with Crippen LogP contribution in [0.5, 0.6) is 0 Å². The van der Waals surface area contributed by atoms with Crippen molar-refractivity contribution >= 4 is 17.3 Å². The van der Waals surface area contributed by atoms with Crippen LogP contribution in [-0.4, -0.2) is 37.8 Å². The van der Waals surface area contributed by atoms with Gasteiger partial charge in [-0.2, -0.15) is 0 Å². The third-order valence-corrected chi connectivity index (χ3v) is 6.50. The smallest absolute Gasteiger partial charge is 0.170 e. The zero-order valence-electron chi connectivity index (χ0n) is 17.9. The lowest BCUT2D eigenvalue weighted by atomic mass is 9.96. The highest BCUT2D eigenvalue weighted by Gasteiger charge is 2.41. The highest BCUT2D eigenvalue weighted by Crippen LogP contribution is 2.41. The fraction of sp³-hybridized carbons (Fsp3) is 0.333. The van der Waals surface area contributed by atoms with Crippen LogP contribution in [0.25, 0.3) is 5.69 Å². The van der Waals surface area contributed by atoms with Crippen LogP contribution in [0, 0.1) is 27.7 Å². The van der Waals surface area contributed by atoms with Gasteiger partial charge in [-0.15, -0.1) is 0 Å². The number of pyridine rings is 1. The van der Waals surface area contributed by atoms with E-state index in [0.717, 1.165) is 5.69 Å². The van der Waals surface area contributed by atoms with E-state index in [1.807, 2.05) is 24.4 Å². The monoisotopic (exact) mass is 420 g/mol. The first-order chi connectivity index (χ1) is 14.4. The molecule has 0 bridgehead atoms. The summed E-state index contributed by atoms with van der Waals surface area (Å²) in [5.41, 5.74) is 8.26. The Bertz CT molecular complexity index is 1080. The summed E-state index contributed by atoms with van der Waals surface area (Å²) in [7, 11) is 0. The Hall–Kier alpha value is -2.70. The van der Waals surface area contributed by atoms with Crippen molar-refractivity contribution in [3.05, 3.63) is 82.4 Å². The van der Waals surface area contributed by atoms with E-state index in [4.69, 9.17) is 12.2 Å². The molecule has 1 aliphatic heterocycles. The van der Waals surface area contributed by atoms with Crippen LogP contribution >= 0.6 is 12.2 Å². The van der Waals surface area contributed by atoms with Gasteiger partial charge in [-0.1, -0.05) is 18.2 Å². The van der Waals surface area contributed by atoms with Gasteiger partial charge in [0.25, 0.3) is 0 Å². The maximum Gasteiger partial charge on any atom is 0.170 e. The van der Waals surface area contributed by atoms with Gasteiger partial charge < -0.3 is 19.9 Å². The average molecular weight is 421 g/mol. The van der Waals surface area contributed by atoms with Gasteiger partial charge in [0, 0.05) is 29.8 Å². The van der Waals surface area contributed by atoms with Crippen molar-refractivity contribution in [2.75, 3.05) is 13.2 Å². The minimum Gasteiger partial charge on any atom is -0.395 e. The predicted octanol–water partition coefficient (Wildman–Crippen LogP) is 4.07. The highest BCUT2D eigenvalue weighted by molar-refractivity contribution is 7.80. The van der Waals surface area contributed by atoms with Crippen molar-refractivity contribution in [1.82, 2.24) is 19.8 Å². The standard InChI is InChI=1S/C24H28N4OS/c1-15-8-7-10-21(17(15)3)28-16(2)14-19(18(28)4)23-22(20-9-5-6-11-25-20)26-24(30)27(23)12-13-29/h5-11,14,22-23,29H,12-13H2,1-4H3,(H,26,30). The van der Waals surface area contributed by atoms with E-state index in [-0.39, 0.29) is 18.7 Å². The minimum atomic E-state index is -0.0715. The topological polar surface area (TPSA) is 53.3 Å². The number of nitrogens with one attached hydrogen (secondary N) is 1. The Labute approximate surface area is 183 Å². The molecule has 30 heavy (non-hydrogen) atoms. The summed E-state index contributed by atoms with van der Waals surface area (Å²) in [6.07, 6.45) is 1.81. The normalized spacial score (nSPS) is 18.7. The molecular weight excluding hydrogens is 392 g/mol. The maximum absolute atomic E-state index is 9.69. The lowest BCUT2D eigenvalue weighted by molar-refractivity contribution is 0.223. The second-order valence-electron chi connectivity index (χ2n) is 7.92. The molecule has 0 aliphatic carbocycles. The molecule has 0 radical (unpaired) electrons. The number of nitrogens with zero attached hydrogens (tertiary/aromatic N) is 3.